The van der Waals surface area contributed by atoms with Gasteiger partial charge >= 0.3 is 0 Å². The molecule has 0 amide bonds. The van der Waals surface area contributed by atoms with Crippen molar-refractivity contribution in [3.63, 3.8) is 0 Å². The zero-order chi connectivity index (χ0) is 12.1. The number of aryl methyl sites for hydroxylation is 2. The van der Waals surface area contributed by atoms with Crippen LogP contribution in [0.4, 0.5) is 5.69 Å². The molecule has 0 aliphatic carbocycles. The number of aromatic nitrogens is 1. The zero-order valence-electron chi connectivity index (χ0n) is 10.4. The number of hydrogen-bond acceptors (Lipinski definition) is 2. The number of hydrogen-bond donors (Lipinski definition) is 1. The lowest BCUT2D eigenvalue weighted by molar-refractivity contribution is 1.04. The van der Waals surface area contributed by atoms with Gasteiger partial charge in [0.1, 0.15) is 0 Å². The van der Waals surface area contributed by atoms with Gasteiger partial charge in [0, 0.05) is 24.6 Å². The zero-order valence-corrected chi connectivity index (χ0v) is 10.4. The minimum atomic E-state index is 0.870. The number of pyridine rings is 1. The van der Waals surface area contributed by atoms with Crippen LogP contribution in [0, 0.1) is 6.92 Å². The van der Waals surface area contributed by atoms with Gasteiger partial charge in [0.15, 0.2) is 0 Å². The Labute approximate surface area is 103 Å². The molecule has 0 aliphatic rings. The standard InChI is InChI=1S/C15H18N2/c1-3-13-6-4-5-7-14(13)11-17-15-8-9-16-10-12(15)2/h4-10H,3,11H2,1-2H3,(H,16,17). The average molecular weight is 226 g/mol. The molecular formula is C15H18N2. The lowest BCUT2D eigenvalue weighted by Crippen LogP contribution is -2.03. The van der Waals surface area contributed by atoms with Gasteiger partial charge in [-0.05, 0) is 36.1 Å². The van der Waals surface area contributed by atoms with E-state index in [-0.39, 0.29) is 0 Å². The number of nitrogens with one attached hydrogen (secondary N) is 1. The Morgan fingerprint density at radius 2 is 1.88 bits per heavy atom. The van der Waals surface area contributed by atoms with Crippen molar-refractivity contribution in [2.24, 2.45) is 0 Å². The first-order valence-corrected chi connectivity index (χ1v) is 6.02. The van der Waals surface area contributed by atoms with E-state index in [9.17, 15) is 0 Å². The Hall–Kier alpha value is -1.83. The Balaban J connectivity index is 2.10. The third-order valence-electron chi connectivity index (χ3n) is 2.99. The van der Waals surface area contributed by atoms with Crippen molar-refractivity contribution in [1.82, 2.24) is 4.98 Å². The van der Waals surface area contributed by atoms with Crippen LogP contribution in [0.25, 0.3) is 0 Å². The summed E-state index contributed by atoms with van der Waals surface area (Å²) in [6.07, 6.45) is 4.78. The van der Waals surface area contributed by atoms with E-state index in [1.54, 1.807) is 0 Å². The third kappa shape index (κ3) is 2.84. The number of benzene rings is 1. The van der Waals surface area contributed by atoms with Crippen LogP contribution in [0.1, 0.15) is 23.6 Å². The van der Waals surface area contributed by atoms with Crippen molar-refractivity contribution >= 4 is 5.69 Å². The van der Waals surface area contributed by atoms with E-state index >= 15 is 0 Å². The lowest BCUT2D eigenvalue weighted by Gasteiger charge is -2.11. The van der Waals surface area contributed by atoms with E-state index in [1.807, 2.05) is 18.5 Å². The van der Waals surface area contributed by atoms with E-state index in [1.165, 1.54) is 16.7 Å². The van der Waals surface area contributed by atoms with E-state index in [4.69, 9.17) is 0 Å². The molecule has 1 heterocycles. The first-order valence-electron chi connectivity index (χ1n) is 6.02. The van der Waals surface area contributed by atoms with Crippen LogP contribution in [0.15, 0.2) is 42.7 Å². The maximum absolute atomic E-state index is 4.09. The van der Waals surface area contributed by atoms with E-state index in [0.29, 0.717) is 0 Å². The summed E-state index contributed by atoms with van der Waals surface area (Å²) in [7, 11) is 0. The Kier molecular flexibility index (Phi) is 3.76. The van der Waals surface area contributed by atoms with Crippen LogP contribution in [0.2, 0.25) is 0 Å². The highest BCUT2D eigenvalue weighted by atomic mass is 14.9. The molecule has 0 saturated heterocycles. The molecule has 17 heavy (non-hydrogen) atoms. The fraction of sp³-hybridized carbons (Fsp3) is 0.267. The number of nitrogens with zero attached hydrogens (tertiary/aromatic N) is 1. The van der Waals surface area contributed by atoms with Gasteiger partial charge in [-0.2, -0.15) is 0 Å². The smallest absolute Gasteiger partial charge is 0.0403 e. The van der Waals surface area contributed by atoms with Gasteiger partial charge in [0.05, 0.1) is 0 Å². The summed E-state index contributed by atoms with van der Waals surface area (Å²) in [6, 6.07) is 10.6. The van der Waals surface area contributed by atoms with Gasteiger partial charge in [0.25, 0.3) is 0 Å². The average Bonchev–Trinajstić information content (AvgIpc) is 2.38. The third-order valence-corrected chi connectivity index (χ3v) is 2.99. The van der Waals surface area contributed by atoms with Gasteiger partial charge in [0.2, 0.25) is 0 Å². The van der Waals surface area contributed by atoms with Crippen molar-refractivity contribution < 1.29 is 0 Å². The van der Waals surface area contributed by atoms with Gasteiger partial charge in [-0.15, -0.1) is 0 Å². The molecule has 1 aromatic carbocycles. The molecule has 0 bridgehead atoms. The van der Waals surface area contributed by atoms with Crippen molar-refractivity contribution in [2.45, 2.75) is 26.8 Å². The van der Waals surface area contributed by atoms with Gasteiger partial charge in [-0.1, -0.05) is 31.2 Å². The number of rotatable bonds is 4. The Bertz CT molecular complexity index is 492. The Morgan fingerprint density at radius 1 is 1.12 bits per heavy atom. The van der Waals surface area contributed by atoms with Gasteiger partial charge in [-0.3, -0.25) is 4.98 Å². The molecule has 0 aliphatic heterocycles. The monoisotopic (exact) mass is 226 g/mol. The van der Waals surface area contributed by atoms with Gasteiger partial charge < -0.3 is 5.32 Å². The fourth-order valence-electron chi connectivity index (χ4n) is 1.94. The van der Waals surface area contributed by atoms with Crippen LogP contribution < -0.4 is 5.32 Å². The minimum absolute atomic E-state index is 0.870. The first kappa shape index (κ1) is 11.6. The molecule has 1 aromatic heterocycles. The van der Waals surface area contributed by atoms with E-state index in [2.05, 4.69) is 48.4 Å². The van der Waals surface area contributed by atoms with Crippen molar-refractivity contribution in [3.05, 3.63) is 59.4 Å². The first-order chi connectivity index (χ1) is 8.31. The summed E-state index contributed by atoms with van der Waals surface area (Å²) in [5.74, 6) is 0. The molecule has 0 spiro atoms. The maximum atomic E-state index is 4.09. The summed E-state index contributed by atoms with van der Waals surface area (Å²) in [5, 5.41) is 3.46. The maximum Gasteiger partial charge on any atom is 0.0403 e. The summed E-state index contributed by atoms with van der Waals surface area (Å²) in [5.41, 5.74) is 5.12. The van der Waals surface area contributed by atoms with Crippen molar-refractivity contribution in [1.29, 1.82) is 0 Å². The van der Waals surface area contributed by atoms with E-state index in [0.717, 1.165) is 18.7 Å². The summed E-state index contributed by atoms with van der Waals surface area (Å²) >= 11 is 0. The topological polar surface area (TPSA) is 24.9 Å². The predicted molar refractivity (Wildman–Crippen MR) is 72.1 cm³/mol. The second-order valence-electron chi connectivity index (χ2n) is 4.17. The van der Waals surface area contributed by atoms with Crippen LogP contribution in [-0.2, 0) is 13.0 Å². The van der Waals surface area contributed by atoms with Crippen LogP contribution in [0.3, 0.4) is 0 Å². The molecule has 0 atom stereocenters. The summed E-state index contributed by atoms with van der Waals surface area (Å²) in [6.45, 7) is 5.13. The lowest BCUT2D eigenvalue weighted by atomic mass is 10.1. The number of anilines is 1. The highest BCUT2D eigenvalue weighted by Gasteiger charge is 2.01. The molecule has 88 valence electrons. The van der Waals surface area contributed by atoms with Crippen LogP contribution in [-0.4, -0.2) is 4.98 Å². The second kappa shape index (κ2) is 5.48. The molecule has 2 heteroatoms. The highest BCUT2D eigenvalue weighted by Crippen LogP contribution is 2.15. The second-order valence-corrected chi connectivity index (χ2v) is 4.17. The summed E-state index contributed by atoms with van der Waals surface area (Å²) < 4.78 is 0. The van der Waals surface area contributed by atoms with Crippen LogP contribution in [0.5, 0.6) is 0 Å². The molecule has 1 N–H and O–H groups in total. The Morgan fingerprint density at radius 3 is 2.59 bits per heavy atom. The van der Waals surface area contributed by atoms with Crippen molar-refractivity contribution in [2.75, 3.05) is 5.32 Å². The van der Waals surface area contributed by atoms with Crippen molar-refractivity contribution in [3.8, 4) is 0 Å². The molecule has 2 aromatic rings. The molecule has 2 rings (SSSR count). The largest absolute Gasteiger partial charge is 0.381 e. The van der Waals surface area contributed by atoms with E-state index < -0.39 is 0 Å². The molecule has 0 radical (unpaired) electrons. The molecule has 0 fully saturated rings. The normalized spacial score (nSPS) is 10.2. The highest BCUT2D eigenvalue weighted by molar-refractivity contribution is 5.49. The van der Waals surface area contributed by atoms with Crippen LogP contribution >= 0.6 is 0 Å². The SMILES string of the molecule is CCc1ccccc1CNc1ccncc1C. The quantitative estimate of drug-likeness (QED) is 0.862. The minimum Gasteiger partial charge on any atom is -0.381 e. The summed E-state index contributed by atoms with van der Waals surface area (Å²) in [4.78, 5) is 4.09. The molecule has 0 saturated carbocycles. The molecular weight excluding hydrogens is 208 g/mol. The molecule has 0 unspecified atom stereocenters. The fourth-order valence-corrected chi connectivity index (χ4v) is 1.94. The predicted octanol–water partition coefficient (Wildman–Crippen LogP) is 3.56. The van der Waals surface area contributed by atoms with Gasteiger partial charge in [-0.25, -0.2) is 0 Å². The molecule has 2 nitrogen and oxygen atoms in total.